The summed E-state index contributed by atoms with van der Waals surface area (Å²) < 4.78 is 5.41. The summed E-state index contributed by atoms with van der Waals surface area (Å²) in [6.45, 7) is 4.41. The summed E-state index contributed by atoms with van der Waals surface area (Å²) in [5.41, 5.74) is 0. The molecule has 0 amide bonds. The van der Waals surface area contributed by atoms with Gasteiger partial charge in [-0.3, -0.25) is 0 Å². The third-order valence-corrected chi connectivity index (χ3v) is 3.82. The molecule has 0 radical (unpaired) electrons. The summed E-state index contributed by atoms with van der Waals surface area (Å²) in [5.74, 6) is 0. The standard InChI is InChI=1S/C4H14OSi2/c1-3-6-5-7-4-2/h3-4,6-7H2,1-2H3. The predicted molar refractivity (Wildman–Crippen MR) is 39.1 cm³/mol. The van der Waals surface area contributed by atoms with Crippen molar-refractivity contribution in [1.29, 1.82) is 0 Å². The maximum absolute atomic E-state index is 5.41. The topological polar surface area (TPSA) is 9.23 Å². The van der Waals surface area contributed by atoms with E-state index < -0.39 is 0 Å². The minimum atomic E-state index is -0.0276. The third kappa shape index (κ3) is 6.39. The summed E-state index contributed by atoms with van der Waals surface area (Å²) in [5, 5.41) is 0. The smallest absolute Gasteiger partial charge is 0.145 e. The third-order valence-electron chi connectivity index (χ3n) is 0.697. The molecule has 44 valence electrons. The average molecular weight is 134 g/mol. The van der Waals surface area contributed by atoms with Crippen molar-refractivity contribution in [3.8, 4) is 0 Å². The summed E-state index contributed by atoms with van der Waals surface area (Å²) in [7, 11) is -0.0551. The molecule has 0 aliphatic rings. The van der Waals surface area contributed by atoms with Crippen LogP contribution in [0.15, 0.2) is 0 Å². The van der Waals surface area contributed by atoms with Crippen LogP contribution in [0, 0.1) is 0 Å². The van der Waals surface area contributed by atoms with Crippen LogP contribution in [-0.4, -0.2) is 19.5 Å². The molecule has 0 bridgehead atoms. The van der Waals surface area contributed by atoms with Crippen molar-refractivity contribution in [3.63, 3.8) is 0 Å². The SMILES string of the molecule is CC[SiH2]O[SiH2]CC. The van der Waals surface area contributed by atoms with Crippen molar-refractivity contribution in [2.24, 2.45) is 0 Å². The van der Waals surface area contributed by atoms with E-state index in [-0.39, 0.29) is 19.5 Å². The van der Waals surface area contributed by atoms with Crippen LogP contribution in [0.4, 0.5) is 0 Å². The van der Waals surface area contributed by atoms with Gasteiger partial charge in [0.15, 0.2) is 0 Å². The molecule has 0 fully saturated rings. The van der Waals surface area contributed by atoms with Gasteiger partial charge in [0, 0.05) is 0 Å². The quantitative estimate of drug-likeness (QED) is 0.390. The second kappa shape index (κ2) is 6.39. The fourth-order valence-corrected chi connectivity index (χ4v) is 3.52. The van der Waals surface area contributed by atoms with Crippen molar-refractivity contribution >= 4 is 19.5 Å². The largest absolute Gasteiger partial charge is 0.465 e. The molecule has 0 saturated carbocycles. The Labute approximate surface area is 50.3 Å². The van der Waals surface area contributed by atoms with E-state index in [4.69, 9.17) is 4.12 Å². The van der Waals surface area contributed by atoms with Crippen LogP contribution in [0.3, 0.4) is 0 Å². The zero-order chi connectivity index (χ0) is 5.54. The van der Waals surface area contributed by atoms with E-state index >= 15 is 0 Å². The van der Waals surface area contributed by atoms with Gasteiger partial charge in [-0.2, -0.15) is 0 Å². The normalized spacial score (nSPS) is 12.9. The highest BCUT2D eigenvalue weighted by Gasteiger charge is 1.80. The zero-order valence-corrected chi connectivity index (χ0v) is 8.07. The fraction of sp³-hybridized carbons (Fsp3) is 1.00. The molecule has 0 aliphatic carbocycles. The second-order valence-corrected chi connectivity index (χ2v) is 6.06. The number of hydrogen-bond acceptors (Lipinski definition) is 1. The van der Waals surface area contributed by atoms with Gasteiger partial charge in [-0.15, -0.1) is 0 Å². The van der Waals surface area contributed by atoms with Gasteiger partial charge in [0.1, 0.15) is 19.5 Å². The van der Waals surface area contributed by atoms with Crippen molar-refractivity contribution < 1.29 is 4.12 Å². The Balaban J connectivity index is 2.45. The minimum Gasteiger partial charge on any atom is -0.465 e. The molecule has 0 aromatic heterocycles. The summed E-state index contributed by atoms with van der Waals surface area (Å²) in [6, 6.07) is 2.62. The molecule has 0 saturated heterocycles. The van der Waals surface area contributed by atoms with Crippen LogP contribution >= 0.6 is 0 Å². The monoisotopic (exact) mass is 134 g/mol. The van der Waals surface area contributed by atoms with Crippen LogP contribution in [0.5, 0.6) is 0 Å². The first kappa shape index (κ1) is 7.39. The van der Waals surface area contributed by atoms with E-state index in [9.17, 15) is 0 Å². The Bertz CT molecular complexity index is 28.9. The summed E-state index contributed by atoms with van der Waals surface area (Å²) in [4.78, 5) is 0. The lowest BCUT2D eigenvalue weighted by Crippen LogP contribution is -1.99. The highest BCUT2D eigenvalue weighted by atomic mass is 28.3. The first-order valence-electron chi connectivity index (χ1n) is 2.99. The average Bonchev–Trinajstić information content (AvgIpc) is 1.69. The minimum absolute atomic E-state index is 0.0276. The molecule has 0 atom stereocenters. The molecule has 3 heteroatoms. The van der Waals surface area contributed by atoms with Gasteiger partial charge < -0.3 is 4.12 Å². The van der Waals surface area contributed by atoms with E-state index in [2.05, 4.69) is 13.8 Å². The lowest BCUT2D eigenvalue weighted by atomic mass is 11.0. The lowest BCUT2D eigenvalue weighted by molar-refractivity contribution is 0.637. The lowest BCUT2D eigenvalue weighted by Gasteiger charge is -1.94. The molecular weight excluding hydrogens is 120 g/mol. The molecule has 0 rings (SSSR count). The molecular formula is C4H14OSi2. The molecule has 0 aliphatic heterocycles. The number of hydrogen-bond donors (Lipinski definition) is 0. The van der Waals surface area contributed by atoms with Gasteiger partial charge in [-0.25, -0.2) is 0 Å². The van der Waals surface area contributed by atoms with Crippen LogP contribution in [-0.2, 0) is 4.12 Å². The molecule has 0 aromatic rings. The van der Waals surface area contributed by atoms with Gasteiger partial charge >= 0.3 is 0 Å². The van der Waals surface area contributed by atoms with E-state index in [0.29, 0.717) is 0 Å². The van der Waals surface area contributed by atoms with Crippen LogP contribution in [0.1, 0.15) is 13.8 Å². The second-order valence-electron chi connectivity index (χ2n) is 1.61. The van der Waals surface area contributed by atoms with E-state index in [1.54, 1.807) is 0 Å². The van der Waals surface area contributed by atoms with E-state index in [0.717, 1.165) is 0 Å². The first-order valence-corrected chi connectivity index (χ1v) is 6.15. The molecule has 0 unspecified atom stereocenters. The van der Waals surface area contributed by atoms with Crippen molar-refractivity contribution in [2.75, 3.05) is 0 Å². The van der Waals surface area contributed by atoms with Gasteiger partial charge in [0.2, 0.25) is 0 Å². The van der Waals surface area contributed by atoms with Crippen molar-refractivity contribution in [1.82, 2.24) is 0 Å². The Morgan fingerprint density at radius 2 is 1.57 bits per heavy atom. The van der Waals surface area contributed by atoms with Crippen molar-refractivity contribution in [3.05, 3.63) is 0 Å². The highest BCUT2D eigenvalue weighted by molar-refractivity contribution is 6.42. The first-order chi connectivity index (χ1) is 3.41. The molecule has 0 heterocycles. The van der Waals surface area contributed by atoms with Crippen LogP contribution in [0.25, 0.3) is 0 Å². The molecule has 7 heavy (non-hydrogen) atoms. The summed E-state index contributed by atoms with van der Waals surface area (Å²) >= 11 is 0. The Morgan fingerprint density at radius 1 is 1.14 bits per heavy atom. The van der Waals surface area contributed by atoms with Gasteiger partial charge in [-0.05, 0) is 12.1 Å². The molecule has 1 nitrogen and oxygen atoms in total. The maximum atomic E-state index is 5.41. The summed E-state index contributed by atoms with van der Waals surface area (Å²) in [6.07, 6.45) is 0. The van der Waals surface area contributed by atoms with Crippen molar-refractivity contribution in [2.45, 2.75) is 25.9 Å². The Morgan fingerprint density at radius 3 is 1.86 bits per heavy atom. The highest BCUT2D eigenvalue weighted by Crippen LogP contribution is 1.77. The van der Waals surface area contributed by atoms with Gasteiger partial charge in [-0.1, -0.05) is 13.8 Å². The van der Waals surface area contributed by atoms with Gasteiger partial charge in [0.05, 0.1) is 0 Å². The molecule has 0 spiro atoms. The molecule has 0 aromatic carbocycles. The van der Waals surface area contributed by atoms with E-state index in [1.165, 1.54) is 12.1 Å². The Hall–Kier alpha value is 0.394. The van der Waals surface area contributed by atoms with Crippen LogP contribution < -0.4 is 0 Å². The number of rotatable bonds is 4. The zero-order valence-electron chi connectivity index (χ0n) is 5.24. The Kier molecular flexibility index (Phi) is 6.75. The fourth-order valence-electron chi connectivity index (χ4n) is 0.391. The predicted octanol–water partition coefficient (Wildman–Crippen LogP) is 0.0470. The van der Waals surface area contributed by atoms with Gasteiger partial charge in [0.25, 0.3) is 0 Å². The van der Waals surface area contributed by atoms with E-state index in [1.807, 2.05) is 0 Å². The maximum Gasteiger partial charge on any atom is 0.145 e. The van der Waals surface area contributed by atoms with Crippen LogP contribution in [0.2, 0.25) is 12.1 Å². The molecule has 0 N–H and O–H groups in total.